The van der Waals surface area contributed by atoms with E-state index in [9.17, 15) is 0 Å². The summed E-state index contributed by atoms with van der Waals surface area (Å²) in [6.07, 6.45) is 5.55. The summed E-state index contributed by atoms with van der Waals surface area (Å²) in [5.74, 6) is 0.658. The number of nitrogens with zero attached hydrogens (tertiary/aromatic N) is 3. The van der Waals surface area contributed by atoms with Gasteiger partial charge in [0.05, 0.1) is 38.4 Å². The zero-order chi connectivity index (χ0) is 13.2. The summed E-state index contributed by atoms with van der Waals surface area (Å²) in [5.41, 5.74) is 4.48. The molecule has 0 fully saturated rings. The highest BCUT2D eigenvalue weighted by molar-refractivity contribution is 5.39. The van der Waals surface area contributed by atoms with E-state index in [2.05, 4.69) is 10.1 Å². The number of hydrogen-bond acceptors (Lipinski definition) is 4. The normalized spacial score (nSPS) is 14.8. The second-order valence-corrected chi connectivity index (χ2v) is 4.66. The molecule has 5 heteroatoms. The lowest BCUT2D eigenvalue weighted by Gasteiger charge is -2.09. The third kappa shape index (κ3) is 2.21. The predicted octanol–water partition coefficient (Wildman–Crippen LogP) is 1.70. The van der Waals surface area contributed by atoms with Crippen molar-refractivity contribution in [2.45, 2.75) is 19.8 Å². The fourth-order valence-electron chi connectivity index (χ4n) is 2.44. The molecule has 0 radical (unpaired) electrons. The Kier molecular flexibility index (Phi) is 3.21. The minimum atomic E-state index is 0.658. The topological polar surface area (TPSA) is 49.2 Å². The van der Waals surface area contributed by atoms with Crippen LogP contribution in [0.25, 0.3) is 5.69 Å². The van der Waals surface area contributed by atoms with Crippen molar-refractivity contribution in [3.05, 3.63) is 35.3 Å². The summed E-state index contributed by atoms with van der Waals surface area (Å²) in [4.78, 5) is 4.31. The van der Waals surface area contributed by atoms with Crippen LogP contribution in [0.4, 0.5) is 0 Å². The maximum absolute atomic E-state index is 5.51. The maximum atomic E-state index is 5.51. The summed E-state index contributed by atoms with van der Waals surface area (Å²) in [7, 11) is 1.63. The first-order valence-electron chi connectivity index (χ1n) is 6.44. The molecule has 0 bridgehead atoms. The second kappa shape index (κ2) is 5.01. The summed E-state index contributed by atoms with van der Waals surface area (Å²) >= 11 is 0. The molecule has 3 heterocycles. The lowest BCUT2D eigenvalue weighted by atomic mass is 10.1. The Bertz CT molecular complexity index is 592. The van der Waals surface area contributed by atoms with Crippen molar-refractivity contribution in [2.75, 3.05) is 20.3 Å². The van der Waals surface area contributed by atoms with Crippen molar-refractivity contribution in [2.24, 2.45) is 0 Å². The summed E-state index contributed by atoms with van der Waals surface area (Å²) < 4.78 is 12.7. The largest absolute Gasteiger partial charge is 0.481 e. The van der Waals surface area contributed by atoms with E-state index < -0.39 is 0 Å². The predicted molar refractivity (Wildman–Crippen MR) is 70.9 cm³/mol. The van der Waals surface area contributed by atoms with Gasteiger partial charge in [0.25, 0.3) is 0 Å². The molecule has 0 aliphatic carbocycles. The highest BCUT2D eigenvalue weighted by Crippen LogP contribution is 2.21. The Labute approximate surface area is 112 Å². The fraction of sp³-hybridized carbons (Fsp3) is 0.429. The van der Waals surface area contributed by atoms with Crippen molar-refractivity contribution in [3.63, 3.8) is 0 Å². The molecule has 100 valence electrons. The van der Waals surface area contributed by atoms with E-state index in [1.165, 1.54) is 11.3 Å². The van der Waals surface area contributed by atoms with Crippen LogP contribution in [0.1, 0.15) is 16.8 Å². The monoisotopic (exact) mass is 259 g/mol. The van der Waals surface area contributed by atoms with Gasteiger partial charge in [-0.25, -0.2) is 9.67 Å². The average Bonchev–Trinajstić information content (AvgIpc) is 2.67. The molecule has 0 amide bonds. The van der Waals surface area contributed by atoms with Gasteiger partial charge in [-0.15, -0.1) is 0 Å². The molecule has 2 aromatic heterocycles. The first-order chi connectivity index (χ1) is 9.29. The van der Waals surface area contributed by atoms with Crippen LogP contribution in [0.15, 0.2) is 18.5 Å². The summed E-state index contributed by atoms with van der Waals surface area (Å²) in [6, 6.07) is 2.05. The molecule has 0 unspecified atom stereocenters. The highest BCUT2D eigenvalue weighted by atomic mass is 16.5. The Morgan fingerprint density at radius 1 is 1.26 bits per heavy atom. The van der Waals surface area contributed by atoms with E-state index in [0.29, 0.717) is 5.88 Å². The summed E-state index contributed by atoms with van der Waals surface area (Å²) in [6.45, 7) is 3.51. The molecule has 0 atom stereocenters. The molecule has 19 heavy (non-hydrogen) atoms. The van der Waals surface area contributed by atoms with E-state index in [1.807, 2.05) is 23.9 Å². The van der Waals surface area contributed by atoms with E-state index in [1.54, 1.807) is 13.3 Å². The van der Waals surface area contributed by atoms with Gasteiger partial charge in [-0.2, -0.15) is 5.10 Å². The van der Waals surface area contributed by atoms with Gasteiger partial charge in [-0.05, 0) is 25.0 Å². The number of rotatable bonds is 2. The van der Waals surface area contributed by atoms with Crippen molar-refractivity contribution in [3.8, 4) is 11.6 Å². The third-order valence-corrected chi connectivity index (χ3v) is 3.41. The molecular weight excluding hydrogens is 242 g/mol. The van der Waals surface area contributed by atoms with Gasteiger partial charge in [0, 0.05) is 17.7 Å². The third-order valence-electron chi connectivity index (χ3n) is 3.41. The zero-order valence-electron chi connectivity index (χ0n) is 11.2. The molecule has 0 aromatic carbocycles. The number of ether oxygens (including phenoxy) is 2. The molecule has 3 rings (SSSR count). The van der Waals surface area contributed by atoms with Gasteiger partial charge < -0.3 is 9.47 Å². The van der Waals surface area contributed by atoms with Gasteiger partial charge in [0.2, 0.25) is 5.88 Å². The number of aryl methyl sites for hydroxylation is 1. The van der Waals surface area contributed by atoms with Gasteiger partial charge in [0.1, 0.15) is 0 Å². The average molecular weight is 259 g/mol. The van der Waals surface area contributed by atoms with Crippen LogP contribution in [-0.2, 0) is 17.6 Å². The Morgan fingerprint density at radius 3 is 2.89 bits per heavy atom. The highest BCUT2D eigenvalue weighted by Gasteiger charge is 2.15. The van der Waals surface area contributed by atoms with Crippen molar-refractivity contribution in [1.82, 2.24) is 14.8 Å². The Morgan fingerprint density at radius 2 is 2.11 bits per heavy atom. The van der Waals surface area contributed by atoms with Crippen molar-refractivity contribution < 1.29 is 9.47 Å². The molecule has 1 aliphatic heterocycles. The van der Waals surface area contributed by atoms with Gasteiger partial charge in [-0.1, -0.05) is 0 Å². The van der Waals surface area contributed by atoms with Crippen LogP contribution in [-0.4, -0.2) is 35.1 Å². The molecule has 5 nitrogen and oxygen atoms in total. The van der Waals surface area contributed by atoms with Crippen LogP contribution in [0.2, 0.25) is 0 Å². The molecule has 0 saturated heterocycles. The molecule has 0 spiro atoms. The van der Waals surface area contributed by atoms with Crippen LogP contribution in [0, 0.1) is 6.92 Å². The lowest BCUT2D eigenvalue weighted by molar-refractivity contribution is 0.145. The number of methoxy groups -OCH3 is 1. The minimum Gasteiger partial charge on any atom is -0.481 e. The number of fused-ring (bicyclic) bond motifs is 1. The lowest BCUT2D eigenvalue weighted by Crippen LogP contribution is -2.06. The van der Waals surface area contributed by atoms with E-state index >= 15 is 0 Å². The summed E-state index contributed by atoms with van der Waals surface area (Å²) in [5, 5.41) is 4.49. The van der Waals surface area contributed by atoms with Gasteiger partial charge in [-0.3, -0.25) is 0 Å². The first kappa shape index (κ1) is 12.2. The van der Waals surface area contributed by atoms with Crippen LogP contribution < -0.4 is 4.74 Å². The Hall–Kier alpha value is -1.88. The quantitative estimate of drug-likeness (QED) is 0.823. The molecule has 0 N–H and O–H groups in total. The molecule has 1 aliphatic rings. The SMILES string of the molecule is COc1ncc(-n2ncc3c2CCOCC3)cc1C. The molecule has 2 aromatic rings. The van der Waals surface area contributed by atoms with Crippen LogP contribution >= 0.6 is 0 Å². The van der Waals surface area contributed by atoms with Crippen molar-refractivity contribution >= 4 is 0 Å². The second-order valence-electron chi connectivity index (χ2n) is 4.66. The van der Waals surface area contributed by atoms with Gasteiger partial charge in [0.15, 0.2) is 0 Å². The standard InChI is InChI=1S/C14H17N3O2/c1-10-7-12(9-15-14(10)18-2)17-13-4-6-19-5-3-11(13)8-16-17/h7-9H,3-6H2,1-2H3. The van der Waals surface area contributed by atoms with Gasteiger partial charge >= 0.3 is 0 Å². The Balaban J connectivity index is 2.02. The van der Waals surface area contributed by atoms with Crippen LogP contribution in [0.5, 0.6) is 5.88 Å². The van der Waals surface area contributed by atoms with E-state index in [0.717, 1.165) is 37.3 Å². The number of pyridine rings is 1. The van der Waals surface area contributed by atoms with Crippen molar-refractivity contribution in [1.29, 1.82) is 0 Å². The molecular formula is C14H17N3O2. The van der Waals surface area contributed by atoms with Crippen LogP contribution in [0.3, 0.4) is 0 Å². The zero-order valence-corrected chi connectivity index (χ0v) is 11.2. The maximum Gasteiger partial charge on any atom is 0.216 e. The molecule has 0 saturated carbocycles. The number of aromatic nitrogens is 3. The fourth-order valence-corrected chi connectivity index (χ4v) is 2.44. The van der Waals surface area contributed by atoms with E-state index in [4.69, 9.17) is 9.47 Å². The smallest absolute Gasteiger partial charge is 0.216 e. The first-order valence-corrected chi connectivity index (χ1v) is 6.44. The van der Waals surface area contributed by atoms with E-state index in [-0.39, 0.29) is 0 Å². The number of hydrogen-bond donors (Lipinski definition) is 0. The minimum absolute atomic E-state index is 0.658.